The summed E-state index contributed by atoms with van der Waals surface area (Å²) < 4.78 is 12.1. The average molecular weight is 550 g/mol. The Morgan fingerprint density at radius 1 is 1.05 bits per heavy atom. The molecule has 9 heteroatoms. The predicted octanol–water partition coefficient (Wildman–Crippen LogP) is 5.99. The lowest BCUT2D eigenvalue weighted by Crippen LogP contribution is -2.44. The van der Waals surface area contributed by atoms with Crippen molar-refractivity contribution in [3.05, 3.63) is 107 Å². The van der Waals surface area contributed by atoms with Gasteiger partial charge in [0.1, 0.15) is 19.3 Å². The van der Waals surface area contributed by atoms with Crippen molar-refractivity contribution in [3.63, 3.8) is 0 Å². The first-order chi connectivity index (χ1) is 20.0. The average Bonchev–Trinajstić information content (AvgIpc) is 3.01. The smallest absolute Gasteiger partial charge is 0.320 e. The number of aliphatic carboxylic acids is 1. The van der Waals surface area contributed by atoms with Crippen molar-refractivity contribution in [1.82, 2.24) is 19.9 Å². The molecule has 0 spiro atoms. The fourth-order valence-electron chi connectivity index (χ4n) is 5.04. The third-order valence-corrected chi connectivity index (χ3v) is 7.25. The molecule has 1 N–H and O–H groups in total. The Morgan fingerprint density at radius 3 is 2.71 bits per heavy atom. The second-order valence-electron chi connectivity index (χ2n) is 10.00. The summed E-state index contributed by atoms with van der Waals surface area (Å²) in [7, 11) is 0. The van der Waals surface area contributed by atoms with Gasteiger partial charge in [-0.05, 0) is 60.2 Å². The zero-order valence-corrected chi connectivity index (χ0v) is 22.9. The van der Waals surface area contributed by atoms with Crippen LogP contribution < -0.4 is 9.47 Å². The first kappa shape index (κ1) is 27.7. The maximum absolute atomic E-state index is 11.9. The molecule has 9 nitrogen and oxygen atoms in total. The SMILES string of the molecule is [C-]#[N+]c1cncc(COc2nc(OCc3cccc(-c4ccccc4)c3C)ncc2CN2CCCC[C@H]2C(=O)O)c1. The van der Waals surface area contributed by atoms with Gasteiger partial charge in [-0.25, -0.2) is 9.83 Å². The van der Waals surface area contributed by atoms with Crippen LogP contribution in [0, 0.1) is 13.5 Å². The van der Waals surface area contributed by atoms with Crippen LogP contribution in [-0.4, -0.2) is 43.5 Å². The van der Waals surface area contributed by atoms with Crippen LogP contribution in [0.5, 0.6) is 11.9 Å². The van der Waals surface area contributed by atoms with Crippen molar-refractivity contribution in [2.45, 2.75) is 52.0 Å². The van der Waals surface area contributed by atoms with E-state index >= 15 is 0 Å². The number of rotatable bonds is 10. The fraction of sp³-hybridized carbons (Fsp3) is 0.281. The molecule has 0 aliphatic carbocycles. The lowest BCUT2D eigenvalue weighted by atomic mass is 9.97. The summed E-state index contributed by atoms with van der Waals surface area (Å²) in [4.78, 5) is 30.4. The summed E-state index contributed by atoms with van der Waals surface area (Å²) >= 11 is 0. The molecule has 1 fully saturated rings. The van der Waals surface area contributed by atoms with E-state index in [1.54, 1.807) is 18.5 Å². The first-order valence-corrected chi connectivity index (χ1v) is 13.6. The Bertz CT molecular complexity index is 1550. The Hall–Kier alpha value is -4.81. The second kappa shape index (κ2) is 13.0. The topological polar surface area (TPSA) is 102 Å². The molecule has 3 heterocycles. The van der Waals surface area contributed by atoms with Crippen LogP contribution >= 0.6 is 0 Å². The molecule has 1 atom stereocenters. The molecule has 2 aromatic carbocycles. The van der Waals surface area contributed by atoms with Gasteiger partial charge >= 0.3 is 12.0 Å². The number of hydrogen-bond donors (Lipinski definition) is 1. The Labute approximate surface area is 239 Å². The molecule has 0 radical (unpaired) electrons. The Morgan fingerprint density at radius 2 is 1.90 bits per heavy atom. The van der Waals surface area contributed by atoms with Crippen LogP contribution in [0.3, 0.4) is 0 Å². The van der Waals surface area contributed by atoms with Gasteiger partial charge in [0.25, 0.3) is 0 Å². The summed E-state index contributed by atoms with van der Waals surface area (Å²) in [6.07, 6.45) is 7.19. The monoisotopic (exact) mass is 549 g/mol. The highest BCUT2D eigenvalue weighted by atomic mass is 16.5. The standard InChI is InChI=1S/C32H31N5O4/c1-22-25(11-8-12-28(22)24-9-4-3-5-10-24)21-41-32-35-17-26(19-37-14-7-6-13-29(37)31(38)39)30(36-32)40-20-23-15-27(33-2)18-34-16-23/h3-5,8-12,15-18,29H,6-7,13-14,19-21H2,1H3,(H,38,39)/t29-/m0/s1. The predicted molar refractivity (Wildman–Crippen MR) is 153 cm³/mol. The number of nitrogens with zero attached hydrogens (tertiary/aromatic N) is 5. The van der Waals surface area contributed by atoms with Crippen LogP contribution in [-0.2, 0) is 24.6 Å². The minimum Gasteiger partial charge on any atom is -0.480 e. The Kier molecular flexibility index (Phi) is 8.82. The minimum atomic E-state index is -0.830. The van der Waals surface area contributed by atoms with Gasteiger partial charge in [-0.15, -0.1) is 0 Å². The largest absolute Gasteiger partial charge is 0.480 e. The van der Waals surface area contributed by atoms with E-state index in [2.05, 4.69) is 44.9 Å². The van der Waals surface area contributed by atoms with E-state index in [0.717, 1.165) is 40.7 Å². The molecular formula is C32H31N5O4. The van der Waals surface area contributed by atoms with Gasteiger partial charge in [0.15, 0.2) is 0 Å². The number of aromatic nitrogens is 3. The van der Waals surface area contributed by atoms with Crippen molar-refractivity contribution in [3.8, 4) is 23.0 Å². The zero-order valence-electron chi connectivity index (χ0n) is 22.9. The van der Waals surface area contributed by atoms with Crippen molar-refractivity contribution in [2.75, 3.05) is 6.54 Å². The number of piperidine rings is 1. The highest BCUT2D eigenvalue weighted by molar-refractivity contribution is 5.73. The normalized spacial score (nSPS) is 15.2. The molecule has 5 rings (SSSR count). The molecule has 0 amide bonds. The van der Waals surface area contributed by atoms with E-state index in [4.69, 9.17) is 16.0 Å². The third kappa shape index (κ3) is 6.86. The quantitative estimate of drug-likeness (QED) is 0.241. The first-order valence-electron chi connectivity index (χ1n) is 13.6. The second-order valence-corrected chi connectivity index (χ2v) is 10.00. The number of carboxylic acids is 1. The molecule has 41 heavy (non-hydrogen) atoms. The number of benzene rings is 2. The Balaban J connectivity index is 1.37. The van der Waals surface area contributed by atoms with E-state index in [1.165, 1.54) is 6.20 Å². The minimum absolute atomic E-state index is 0.139. The van der Waals surface area contributed by atoms with Crippen LogP contribution in [0.2, 0.25) is 0 Å². The molecule has 4 aromatic rings. The van der Waals surface area contributed by atoms with E-state index in [0.29, 0.717) is 36.6 Å². The van der Waals surface area contributed by atoms with E-state index in [1.807, 2.05) is 35.2 Å². The number of carbonyl (C=O) groups is 1. The van der Waals surface area contributed by atoms with Gasteiger partial charge in [-0.3, -0.25) is 14.7 Å². The number of hydrogen-bond acceptors (Lipinski definition) is 7. The summed E-state index contributed by atoms with van der Waals surface area (Å²) in [6, 6.07) is 17.6. The fourth-order valence-corrected chi connectivity index (χ4v) is 5.04. The van der Waals surface area contributed by atoms with Gasteiger partial charge < -0.3 is 14.6 Å². The summed E-state index contributed by atoms with van der Waals surface area (Å²) in [5.74, 6) is -0.518. The highest BCUT2D eigenvalue weighted by Crippen LogP contribution is 2.28. The molecule has 0 bridgehead atoms. The molecule has 1 saturated heterocycles. The van der Waals surface area contributed by atoms with Gasteiger partial charge in [0, 0.05) is 30.7 Å². The maximum Gasteiger partial charge on any atom is 0.320 e. The van der Waals surface area contributed by atoms with Crippen molar-refractivity contribution < 1.29 is 19.4 Å². The zero-order chi connectivity index (χ0) is 28.6. The van der Waals surface area contributed by atoms with Crippen LogP contribution in [0.25, 0.3) is 16.0 Å². The van der Waals surface area contributed by atoms with E-state index < -0.39 is 12.0 Å². The molecular weight excluding hydrogens is 518 g/mol. The maximum atomic E-state index is 11.9. The van der Waals surface area contributed by atoms with Crippen molar-refractivity contribution in [2.24, 2.45) is 0 Å². The number of ether oxygens (including phenoxy) is 2. The van der Waals surface area contributed by atoms with Crippen molar-refractivity contribution >= 4 is 11.7 Å². The molecule has 1 aliphatic heterocycles. The summed E-state index contributed by atoms with van der Waals surface area (Å²) in [5, 5.41) is 9.74. The van der Waals surface area contributed by atoms with Crippen LogP contribution in [0.1, 0.15) is 41.5 Å². The van der Waals surface area contributed by atoms with Gasteiger partial charge in [0.2, 0.25) is 11.6 Å². The lowest BCUT2D eigenvalue weighted by Gasteiger charge is -2.32. The molecule has 2 aromatic heterocycles. The van der Waals surface area contributed by atoms with E-state index in [-0.39, 0.29) is 19.2 Å². The van der Waals surface area contributed by atoms with Crippen molar-refractivity contribution in [1.29, 1.82) is 0 Å². The van der Waals surface area contributed by atoms with E-state index in [9.17, 15) is 9.90 Å². The van der Waals surface area contributed by atoms with Gasteiger partial charge in [0.05, 0.1) is 6.57 Å². The van der Waals surface area contributed by atoms with Gasteiger partial charge in [-0.1, -0.05) is 55.0 Å². The third-order valence-electron chi connectivity index (χ3n) is 7.25. The van der Waals surface area contributed by atoms with Crippen LogP contribution in [0.4, 0.5) is 5.69 Å². The molecule has 0 saturated carbocycles. The number of likely N-dealkylation sites (tertiary alicyclic amines) is 1. The number of pyridine rings is 1. The summed E-state index contributed by atoms with van der Waals surface area (Å²) in [6.45, 7) is 10.7. The van der Waals surface area contributed by atoms with Gasteiger partial charge in [-0.2, -0.15) is 4.98 Å². The lowest BCUT2D eigenvalue weighted by molar-refractivity contribution is -0.144. The summed E-state index contributed by atoms with van der Waals surface area (Å²) in [5.41, 5.74) is 6.21. The molecule has 1 aliphatic rings. The van der Waals surface area contributed by atoms with Crippen LogP contribution in [0.15, 0.2) is 73.2 Å². The molecule has 208 valence electrons. The molecule has 0 unspecified atom stereocenters. The highest BCUT2D eigenvalue weighted by Gasteiger charge is 2.29. The number of carboxylic acid groups (broad SMARTS) is 1.